The van der Waals surface area contributed by atoms with Crippen molar-refractivity contribution in [3.8, 4) is 5.75 Å². The van der Waals surface area contributed by atoms with Crippen LogP contribution in [0.4, 0.5) is 0 Å². The van der Waals surface area contributed by atoms with Crippen LogP contribution >= 0.6 is 11.8 Å². The highest BCUT2D eigenvalue weighted by atomic mass is 32.2. The van der Waals surface area contributed by atoms with Crippen molar-refractivity contribution in [2.24, 2.45) is 11.7 Å². The molecule has 1 aromatic rings. The van der Waals surface area contributed by atoms with Crippen molar-refractivity contribution in [3.63, 3.8) is 0 Å². The first-order valence-electron chi connectivity index (χ1n) is 6.55. The van der Waals surface area contributed by atoms with Crippen LogP contribution < -0.4 is 10.5 Å². The van der Waals surface area contributed by atoms with Gasteiger partial charge in [-0.05, 0) is 35.8 Å². The van der Waals surface area contributed by atoms with E-state index in [1.807, 2.05) is 23.9 Å². The molecule has 0 bridgehead atoms. The summed E-state index contributed by atoms with van der Waals surface area (Å²) in [6, 6.07) is 8.15. The average Bonchev–Trinajstić information content (AvgIpc) is 2.37. The van der Waals surface area contributed by atoms with Crippen LogP contribution in [0.3, 0.4) is 0 Å². The van der Waals surface area contributed by atoms with Crippen molar-refractivity contribution in [3.05, 3.63) is 29.8 Å². The van der Waals surface area contributed by atoms with E-state index >= 15 is 0 Å². The topological polar surface area (TPSA) is 35.2 Å². The Kier molecular flexibility index (Phi) is 6.58. The van der Waals surface area contributed by atoms with Gasteiger partial charge in [0.15, 0.2) is 0 Å². The third-order valence-corrected chi connectivity index (χ3v) is 4.37. The van der Waals surface area contributed by atoms with Gasteiger partial charge in [-0.3, -0.25) is 0 Å². The molecule has 0 aromatic heterocycles. The molecule has 0 saturated carbocycles. The fraction of sp³-hybridized carbons (Fsp3) is 0.600. The summed E-state index contributed by atoms with van der Waals surface area (Å²) in [4.78, 5) is 0. The first-order valence-corrected chi connectivity index (χ1v) is 7.60. The van der Waals surface area contributed by atoms with Gasteiger partial charge in [0.05, 0.1) is 7.11 Å². The number of nitrogens with two attached hydrogens (primary N) is 1. The van der Waals surface area contributed by atoms with Gasteiger partial charge in [-0.1, -0.05) is 32.9 Å². The Morgan fingerprint density at radius 2 is 1.78 bits per heavy atom. The minimum absolute atomic E-state index is 0.0908. The Hall–Kier alpha value is -0.670. The van der Waals surface area contributed by atoms with Crippen molar-refractivity contribution in [2.75, 3.05) is 12.9 Å². The highest BCUT2D eigenvalue weighted by molar-refractivity contribution is 7.99. The molecule has 0 aliphatic carbocycles. The molecular weight excluding hydrogens is 242 g/mol. The van der Waals surface area contributed by atoms with E-state index in [-0.39, 0.29) is 6.04 Å². The highest BCUT2D eigenvalue weighted by Gasteiger charge is 2.15. The van der Waals surface area contributed by atoms with Gasteiger partial charge in [0.1, 0.15) is 5.75 Å². The molecule has 0 radical (unpaired) electrons. The number of hydrogen-bond acceptors (Lipinski definition) is 3. The molecule has 2 unspecified atom stereocenters. The number of thioether (sulfide) groups is 1. The summed E-state index contributed by atoms with van der Waals surface area (Å²) in [5.74, 6) is 2.83. The zero-order valence-corrected chi connectivity index (χ0v) is 12.7. The maximum Gasteiger partial charge on any atom is 0.118 e. The first kappa shape index (κ1) is 15.4. The van der Waals surface area contributed by atoms with Crippen LogP contribution in [-0.4, -0.2) is 18.1 Å². The van der Waals surface area contributed by atoms with Crippen molar-refractivity contribution in [1.29, 1.82) is 0 Å². The van der Waals surface area contributed by atoms with E-state index in [0.29, 0.717) is 5.25 Å². The van der Waals surface area contributed by atoms with E-state index in [2.05, 4.69) is 32.9 Å². The predicted molar refractivity (Wildman–Crippen MR) is 81.3 cm³/mol. The molecule has 18 heavy (non-hydrogen) atoms. The lowest BCUT2D eigenvalue weighted by Gasteiger charge is -2.20. The standard InChI is InChI=1S/C15H25NOS/c1-11(2)9-10-18-12(3)15(16)13-5-7-14(17-4)8-6-13/h5-8,11-12,15H,9-10,16H2,1-4H3. The van der Waals surface area contributed by atoms with Crippen LogP contribution in [0, 0.1) is 5.92 Å². The normalized spacial score (nSPS) is 14.6. The molecular formula is C15H25NOS. The smallest absolute Gasteiger partial charge is 0.118 e. The van der Waals surface area contributed by atoms with E-state index in [9.17, 15) is 0 Å². The number of benzene rings is 1. The number of methoxy groups -OCH3 is 1. The van der Waals surface area contributed by atoms with Gasteiger partial charge in [-0.25, -0.2) is 0 Å². The van der Waals surface area contributed by atoms with Crippen LogP contribution in [0.25, 0.3) is 0 Å². The predicted octanol–water partition coefficient (Wildman–Crippen LogP) is 3.86. The van der Waals surface area contributed by atoms with Gasteiger partial charge in [-0.2, -0.15) is 11.8 Å². The van der Waals surface area contributed by atoms with Gasteiger partial charge in [0, 0.05) is 11.3 Å². The molecule has 3 heteroatoms. The minimum Gasteiger partial charge on any atom is -0.497 e. The maximum atomic E-state index is 6.29. The lowest BCUT2D eigenvalue weighted by Crippen LogP contribution is -2.21. The first-order chi connectivity index (χ1) is 8.54. The summed E-state index contributed by atoms with van der Waals surface area (Å²) < 4.78 is 5.15. The summed E-state index contributed by atoms with van der Waals surface area (Å²) in [7, 11) is 1.68. The molecule has 0 spiro atoms. The number of ether oxygens (including phenoxy) is 1. The maximum absolute atomic E-state index is 6.29. The van der Waals surface area contributed by atoms with E-state index < -0.39 is 0 Å². The Labute approximate surface area is 115 Å². The number of rotatable bonds is 7. The lowest BCUT2D eigenvalue weighted by atomic mass is 10.1. The van der Waals surface area contributed by atoms with Gasteiger partial charge < -0.3 is 10.5 Å². The quantitative estimate of drug-likeness (QED) is 0.814. The SMILES string of the molecule is COc1ccc(C(N)C(C)SCCC(C)C)cc1. The lowest BCUT2D eigenvalue weighted by molar-refractivity contribution is 0.414. The number of hydrogen-bond donors (Lipinski definition) is 1. The molecule has 2 atom stereocenters. The zero-order chi connectivity index (χ0) is 13.5. The van der Waals surface area contributed by atoms with Crippen LogP contribution in [0.15, 0.2) is 24.3 Å². The minimum atomic E-state index is 0.0908. The Morgan fingerprint density at radius 3 is 2.28 bits per heavy atom. The molecule has 0 aliphatic heterocycles. The molecule has 2 N–H and O–H groups in total. The second-order valence-electron chi connectivity index (χ2n) is 5.06. The summed E-state index contributed by atoms with van der Waals surface area (Å²) in [6.07, 6.45) is 1.25. The van der Waals surface area contributed by atoms with E-state index in [0.717, 1.165) is 11.7 Å². The van der Waals surface area contributed by atoms with Crippen molar-refractivity contribution in [1.82, 2.24) is 0 Å². The van der Waals surface area contributed by atoms with Gasteiger partial charge in [-0.15, -0.1) is 0 Å². The second-order valence-corrected chi connectivity index (χ2v) is 6.54. The Morgan fingerprint density at radius 1 is 1.17 bits per heavy atom. The van der Waals surface area contributed by atoms with Crippen molar-refractivity contribution < 1.29 is 4.74 Å². The summed E-state index contributed by atoms with van der Waals surface area (Å²) >= 11 is 1.96. The van der Waals surface area contributed by atoms with Crippen LogP contribution in [0.1, 0.15) is 38.8 Å². The molecule has 0 fully saturated rings. The van der Waals surface area contributed by atoms with Crippen LogP contribution in [0.5, 0.6) is 5.75 Å². The molecule has 0 heterocycles. The summed E-state index contributed by atoms with van der Waals surface area (Å²) in [5, 5.41) is 0.442. The Bertz CT molecular complexity index is 337. The van der Waals surface area contributed by atoms with Crippen molar-refractivity contribution >= 4 is 11.8 Å². The van der Waals surface area contributed by atoms with Crippen LogP contribution in [0.2, 0.25) is 0 Å². The third-order valence-electron chi connectivity index (χ3n) is 3.08. The molecule has 102 valence electrons. The third kappa shape index (κ3) is 4.91. The Balaban J connectivity index is 2.48. The highest BCUT2D eigenvalue weighted by Crippen LogP contribution is 2.26. The fourth-order valence-electron chi connectivity index (χ4n) is 1.69. The van der Waals surface area contributed by atoms with Crippen LogP contribution in [-0.2, 0) is 0 Å². The monoisotopic (exact) mass is 267 g/mol. The van der Waals surface area contributed by atoms with E-state index in [1.165, 1.54) is 17.7 Å². The largest absolute Gasteiger partial charge is 0.497 e. The molecule has 1 aromatic carbocycles. The summed E-state index contributed by atoms with van der Waals surface area (Å²) in [6.45, 7) is 6.73. The molecule has 2 nitrogen and oxygen atoms in total. The molecule has 0 amide bonds. The average molecular weight is 267 g/mol. The zero-order valence-electron chi connectivity index (χ0n) is 11.8. The van der Waals surface area contributed by atoms with Gasteiger partial charge in [0.25, 0.3) is 0 Å². The van der Waals surface area contributed by atoms with E-state index in [1.54, 1.807) is 7.11 Å². The molecule has 1 rings (SSSR count). The van der Waals surface area contributed by atoms with E-state index in [4.69, 9.17) is 10.5 Å². The second kappa shape index (κ2) is 7.70. The fourth-order valence-corrected chi connectivity index (χ4v) is 3.03. The molecule has 0 saturated heterocycles. The van der Waals surface area contributed by atoms with Gasteiger partial charge in [0.2, 0.25) is 0 Å². The van der Waals surface area contributed by atoms with Gasteiger partial charge >= 0.3 is 0 Å². The summed E-state index contributed by atoms with van der Waals surface area (Å²) in [5.41, 5.74) is 7.47. The van der Waals surface area contributed by atoms with Crippen molar-refractivity contribution in [2.45, 2.75) is 38.5 Å². The molecule has 0 aliphatic rings.